The van der Waals surface area contributed by atoms with Crippen molar-refractivity contribution in [2.45, 2.75) is 17.7 Å². The molecule has 3 N–H and O–H groups in total. The monoisotopic (exact) mass is 312 g/mol. The Morgan fingerprint density at radius 1 is 1.43 bits per heavy atom. The smallest absolute Gasteiger partial charge is 0.251 e. The third-order valence-corrected chi connectivity index (χ3v) is 4.52. The Kier molecular flexibility index (Phi) is 4.84. The molecule has 0 saturated carbocycles. The number of nitrogens with one attached hydrogen (secondary N) is 1. The molecule has 0 spiro atoms. The van der Waals surface area contributed by atoms with Crippen molar-refractivity contribution in [1.82, 2.24) is 5.32 Å². The molecule has 116 valence electrons. The summed E-state index contributed by atoms with van der Waals surface area (Å²) in [5.74, 6) is -0.0177. The number of sulfone groups is 1. The zero-order valence-corrected chi connectivity index (χ0v) is 12.8. The summed E-state index contributed by atoms with van der Waals surface area (Å²) in [5, 5.41) is 2.81. The van der Waals surface area contributed by atoms with E-state index in [0.717, 1.165) is 25.7 Å². The lowest BCUT2D eigenvalue weighted by Gasteiger charge is -2.22. The summed E-state index contributed by atoms with van der Waals surface area (Å²) >= 11 is 0. The molecule has 0 radical (unpaired) electrons. The number of carbonyl (C=O) groups excluding carboxylic acids is 1. The molecular weight excluding hydrogens is 292 g/mol. The number of anilines is 1. The fourth-order valence-electron chi connectivity index (χ4n) is 2.27. The number of nitrogen functional groups attached to an aromatic ring is 1. The van der Waals surface area contributed by atoms with Gasteiger partial charge >= 0.3 is 0 Å². The average molecular weight is 312 g/mol. The van der Waals surface area contributed by atoms with Crippen molar-refractivity contribution in [2.75, 3.05) is 31.7 Å². The van der Waals surface area contributed by atoms with E-state index in [1.807, 2.05) is 0 Å². The minimum Gasteiger partial charge on any atom is -0.399 e. The number of nitrogens with two attached hydrogens (primary N) is 1. The first-order valence-electron chi connectivity index (χ1n) is 6.83. The van der Waals surface area contributed by atoms with Gasteiger partial charge in [0.05, 0.1) is 11.5 Å². The van der Waals surface area contributed by atoms with Gasteiger partial charge in [-0.3, -0.25) is 4.79 Å². The lowest BCUT2D eigenvalue weighted by molar-refractivity contribution is 0.0536. The van der Waals surface area contributed by atoms with Gasteiger partial charge in [-0.15, -0.1) is 0 Å². The van der Waals surface area contributed by atoms with E-state index in [2.05, 4.69) is 5.32 Å². The zero-order valence-electron chi connectivity index (χ0n) is 12.0. The van der Waals surface area contributed by atoms with E-state index in [-0.39, 0.29) is 22.1 Å². The minimum atomic E-state index is -3.40. The van der Waals surface area contributed by atoms with E-state index in [4.69, 9.17) is 10.5 Å². The summed E-state index contributed by atoms with van der Waals surface area (Å²) in [4.78, 5) is 12.2. The molecule has 21 heavy (non-hydrogen) atoms. The number of hydrogen-bond donors (Lipinski definition) is 2. The van der Waals surface area contributed by atoms with Gasteiger partial charge in [0.1, 0.15) is 0 Å². The standard InChI is InChI=1S/C14H20N2O4S/c1-21(18,19)13-6-11(5-12(15)7-13)14(17)16-8-10-3-2-4-20-9-10/h5-7,10H,2-4,8-9,15H2,1H3,(H,16,17). The summed E-state index contributed by atoms with van der Waals surface area (Å²) < 4.78 is 28.5. The second-order valence-corrected chi connectivity index (χ2v) is 7.37. The molecule has 1 atom stereocenters. The molecule has 0 bridgehead atoms. The highest BCUT2D eigenvalue weighted by atomic mass is 32.2. The minimum absolute atomic E-state index is 0.0497. The molecule has 0 aliphatic carbocycles. The van der Waals surface area contributed by atoms with Crippen LogP contribution in [0.4, 0.5) is 5.69 Å². The first-order valence-corrected chi connectivity index (χ1v) is 8.72. The van der Waals surface area contributed by atoms with Gasteiger partial charge in [-0.05, 0) is 37.0 Å². The van der Waals surface area contributed by atoms with Crippen molar-refractivity contribution in [1.29, 1.82) is 0 Å². The topological polar surface area (TPSA) is 98.5 Å². The van der Waals surface area contributed by atoms with Crippen molar-refractivity contribution in [3.8, 4) is 0 Å². The SMILES string of the molecule is CS(=O)(=O)c1cc(N)cc(C(=O)NCC2CCCOC2)c1. The van der Waals surface area contributed by atoms with Crippen LogP contribution < -0.4 is 11.1 Å². The van der Waals surface area contributed by atoms with Gasteiger partial charge < -0.3 is 15.8 Å². The van der Waals surface area contributed by atoms with Crippen molar-refractivity contribution in [3.63, 3.8) is 0 Å². The van der Waals surface area contributed by atoms with Crippen molar-refractivity contribution < 1.29 is 17.9 Å². The van der Waals surface area contributed by atoms with E-state index in [1.165, 1.54) is 18.2 Å². The van der Waals surface area contributed by atoms with Crippen LogP contribution in [0.1, 0.15) is 23.2 Å². The molecule has 0 aromatic heterocycles. The number of hydrogen-bond acceptors (Lipinski definition) is 5. The highest BCUT2D eigenvalue weighted by Gasteiger charge is 2.17. The molecule has 6 nitrogen and oxygen atoms in total. The quantitative estimate of drug-likeness (QED) is 0.802. The molecule has 1 saturated heterocycles. The summed E-state index contributed by atoms with van der Waals surface area (Å²) in [7, 11) is -3.40. The number of carbonyl (C=O) groups is 1. The van der Waals surface area contributed by atoms with Crippen LogP contribution in [0.3, 0.4) is 0 Å². The number of benzene rings is 1. The van der Waals surface area contributed by atoms with Crippen LogP contribution in [0.15, 0.2) is 23.1 Å². The number of ether oxygens (including phenoxy) is 1. The van der Waals surface area contributed by atoms with Crippen LogP contribution in [0.25, 0.3) is 0 Å². The predicted octanol–water partition coefficient (Wildman–Crippen LogP) is 0.829. The molecule has 1 aliphatic rings. The third kappa shape index (κ3) is 4.44. The Morgan fingerprint density at radius 2 is 2.19 bits per heavy atom. The predicted molar refractivity (Wildman–Crippen MR) is 79.8 cm³/mol. The van der Waals surface area contributed by atoms with E-state index in [9.17, 15) is 13.2 Å². The Hall–Kier alpha value is -1.60. The number of rotatable bonds is 4. The third-order valence-electron chi connectivity index (χ3n) is 3.43. The molecule has 1 amide bonds. The maximum Gasteiger partial charge on any atom is 0.251 e. The largest absolute Gasteiger partial charge is 0.399 e. The fourth-order valence-corrected chi connectivity index (χ4v) is 2.97. The lowest BCUT2D eigenvalue weighted by Crippen LogP contribution is -2.33. The van der Waals surface area contributed by atoms with Crippen LogP contribution in [0, 0.1) is 5.92 Å². The summed E-state index contributed by atoms with van der Waals surface area (Å²) in [6.07, 6.45) is 3.10. The number of amides is 1. The van der Waals surface area contributed by atoms with E-state index in [1.54, 1.807) is 0 Å². The van der Waals surface area contributed by atoms with Crippen LogP contribution in [-0.4, -0.2) is 40.3 Å². The highest BCUT2D eigenvalue weighted by Crippen LogP contribution is 2.17. The maximum absolute atomic E-state index is 12.1. The van der Waals surface area contributed by atoms with E-state index in [0.29, 0.717) is 19.1 Å². The fraction of sp³-hybridized carbons (Fsp3) is 0.500. The van der Waals surface area contributed by atoms with Gasteiger partial charge in [-0.1, -0.05) is 0 Å². The average Bonchev–Trinajstić information content (AvgIpc) is 2.44. The van der Waals surface area contributed by atoms with Crippen molar-refractivity contribution in [3.05, 3.63) is 23.8 Å². The van der Waals surface area contributed by atoms with Crippen molar-refractivity contribution >= 4 is 21.4 Å². The summed E-state index contributed by atoms with van der Waals surface area (Å²) in [5.41, 5.74) is 6.18. The molecule has 1 heterocycles. The first-order chi connectivity index (χ1) is 9.86. The molecule has 1 fully saturated rings. The molecule has 7 heteroatoms. The normalized spacial score (nSPS) is 19.2. The Morgan fingerprint density at radius 3 is 2.81 bits per heavy atom. The molecular formula is C14H20N2O4S. The van der Waals surface area contributed by atoms with Gasteiger partial charge in [-0.25, -0.2) is 8.42 Å². The summed E-state index contributed by atoms with van der Waals surface area (Å²) in [6, 6.07) is 4.17. The van der Waals surface area contributed by atoms with Crippen LogP contribution in [0.5, 0.6) is 0 Å². The van der Waals surface area contributed by atoms with E-state index >= 15 is 0 Å². The lowest BCUT2D eigenvalue weighted by atomic mass is 10.0. The van der Waals surface area contributed by atoms with Gasteiger partial charge in [-0.2, -0.15) is 0 Å². The molecule has 2 rings (SSSR count). The second kappa shape index (κ2) is 6.44. The molecule has 1 aromatic carbocycles. The van der Waals surface area contributed by atoms with Crippen LogP contribution >= 0.6 is 0 Å². The highest BCUT2D eigenvalue weighted by molar-refractivity contribution is 7.90. The second-order valence-electron chi connectivity index (χ2n) is 5.36. The van der Waals surface area contributed by atoms with Gasteiger partial charge in [0.15, 0.2) is 9.84 Å². The Balaban J connectivity index is 2.06. The Bertz CT molecular complexity index is 622. The zero-order chi connectivity index (χ0) is 15.5. The van der Waals surface area contributed by atoms with Crippen LogP contribution in [0.2, 0.25) is 0 Å². The Labute approximate surface area is 124 Å². The van der Waals surface area contributed by atoms with Crippen LogP contribution in [-0.2, 0) is 14.6 Å². The van der Waals surface area contributed by atoms with Crippen molar-refractivity contribution in [2.24, 2.45) is 5.92 Å². The first kappa shape index (κ1) is 15.8. The molecule has 1 aromatic rings. The maximum atomic E-state index is 12.1. The van der Waals surface area contributed by atoms with Gasteiger partial charge in [0.25, 0.3) is 5.91 Å². The van der Waals surface area contributed by atoms with Gasteiger partial charge in [0.2, 0.25) is 0 Å². The summed E-state index contributed by atoms with van der Waals surface area (Å²) in [6.45, 7) is 1.94. The van der Waals surface area contributed by atoms with E-state index < -0.39 is 9.84 Å². The molecule has 1 aliphatic heterocycles. The van der Waals surface area contributed by atoms with Gasteiger partial charge in [0, 0.05) is 30.7 Å². The molecule has 1 unspecified atom stereocenters.